The van der Waals surface area contributed by atoms with Gasteiger partial charge in [-0.05, 0) is 31.2 Å². The van der Waals surface area contributed by atoms with Crippen LogP contribution in [-0.2, 0) is 0 Å². The fourth-order valence-electron chi connectivity index (χ4n) is 1.79. The molecule has 1 aromatic carbocycles. The van der Waals surface area contributed by atoms with Crippen molar-refractivity contribution in [3.05, 3.63) is 44.9 Å². The minimum atomic E-state index is -0.138. The van der Waals surface area contributed by atoms with Gasteiger partial charge in [0.2, 0.25) is 0 Å². The van der Waals surface area contributed by atoms with Gasteiger partial charge >= 0.3 is 0 Å². The molecule has 1 aliphatic rings. The van der Waals surface area contributed by atoms with Crippen molar-refractivity contribution in [3.63, 3.8) is 0 Å². The lowest BCUT2D eigenvalue weighted by Gasteiger charge is -2.15. The quantitative estimate of drug-likeness (QED) is 0.807. The average Bonchev–Trinajstić information content (AvgIpc) is 2.40. The maximum Gasteiger partial charge on any atom is 0.253 e. The maximum absolute atomic E-state index is 12.0. The van der Waals surface area contributed by atoms with Crippen LogP contribution in [0.1, 0.15) is 16.8 Å². The minimum Gasteiger partial charge on any atom is -0.348 e. The number of halogens is 3. The van der Waals surface area contributed by atoms with E-state index in [1.807, 2.05) is 6.07 Å². The highest BCUT2D eigenvalue weighted by Crippen LogP contribution is 2.20. The monoisotopic (exact) mass is 364 g/mol. The van der Waals surface area contributed by atoms with Gasteiger partial charge in [-0.25, -0.2) is 0 Å². The van der Waals surface area contributed by atoms with Gasteiger partial charge < -0.3 is 10.6 Å². The second-order valence-electron chi connectivity index (χ2n) is 4.12. The second-order valence-corrected chi connectivity index (χ2v) is 5.45. The Balaban J connectivity index is 0.00000180. The predicted octanol–water partition coefficient (Wildman–Crippen LogP) is 3.17. The van der Waals surface area contributed by atoms with E-state index in [4.69, 9.17) is 11.6 Å². The average molecular weight is 366 g/mol. The summed E-state index contributed by atoms with van der Waals surface area (Å²) in [4.78, 5) is 12.0. The van der Waals surface area contributed by atoms with E-state index < -0.39 is 0 Å². The molecule has 1 amide bonds. The normalized spacial score (nSPS) is 14.3. The summed E-state index contributed by atoms with van der Waals surface area (Å²) >= 11 is 9.34. The van der Waals surface area contributed by atoms with Gasteiger partial charge in [0.25, 0.3) is 5.91 Å². The summed E-state index contributed by atoms with van der Waals surface area (Å²) in [5.74, 6) is -0.138. The number of carbonyl (C=O) groups excluding carboxylic acids is 1. The van der Waals surface area contributed by atoms with Crippen LogP contribution in [0.2, 0.25) is 5.02 Å². The Morgan fingerprint density at radius 2 is 2.26 bits per heavy atom. The molecule has 0 radical (unpaired) electrons. The molecule has 0 atom stereocenters. The number of carbonyl (C=O) groups is 1. The molecule has 2 rings (SSSR count). The first kappa shape index (κ1) is 16.5. The predicted molar refractivity (Wildman–Crippen MR) is 84.3 cm³/mol. The zero-order chi connectivity index (χ0) is 13.0. The molecule has 0 aliphatic carbocycles. The van der Waals surface area contributed by atoms with E-state index in [2.05, 4.69) is 32.6 Å². The number of rotatable bonds is 3. The van der Waals surface area contributed by atoms with Crippen LogP contribution in [0.4, 0.5) is 0 Å². The Hall–Kier alpha value is -0.550. The molecular weight excluding hydrogens is 351 g/mol. The van der Waals surface area contributed by atoms with E-state index in [9.17, 15) is 4.79 Å². The fourth-order valence-corrected chi connectivity index (χ4v) is 2.36. The van der Waals surface area contributed by atoms with Gasteiger partial charge in [0.05, 0.1) is 10.6 Å². The Morgan fingerprint density at radius 3 is 2.95 bits per heavy atom. The highest BCUT2D eigenvalue weighted by atomic mass is 79.9. The number of nitrogens with one attached hydrogen (secondary N) is 2. The molecular formula is C13H15BrCl2N2O. The van der Waals surface area contributed by atoms with Gasteiger partial charge in [0.15, 0.2) is 0 Å². The molecule has 104 valence electrons. The Morgan fingerprint density at radius 1 is 1.47 bits per heavy atom. The number of benzene rings is 1. The molecule has 1 aliphatic heterocycles. The van der Waals surface area contributed by atoms with Crippen LogP contribution in [-0.4, -0.2) is 25.5 Å². The molecule has 0 saturated heterocycles. The van der Waals surface area contributed by atoms with Crippen LogP contribution in [0, 0.1) is 0 Å². The van der Waals surface area contributed by atoms with Crippen molar-refractivity contribution in [1.82, 2.24) is 10.6 Å². The molecule has 2 N–H and O–H groups in total. The van der Waals surface area contributed by atoms with E-state index >= 15 is 0 Å². The van der Waals surface area contributed by atoms with E-state index in [-0.39, 0.29) is 18.3 Å². The first-order valence-corrected chi connectivity index (χ1v) is 6.96. The standard InChI is InChI=1S/C13H14BrClN2O.ClH/c14-10-1-2-12(15)11(7-10)13(18)17-8-9-3-5-16-6-4-9;/h1-3,7,16H,4-6,8H2,(H,17,18);1H. The van der Waals surface area contributed by atoms with Crippen molar-refractivity contribution in [1.29, 1.82) is 0 Å². The van der Waals surface area contributed by atoms with Crippen LogP contribution in [0.15, 0.2) is 34.3 Å². The van der Waals surface area contributed by atoms with E-state index in [0.29, 0.717) is 17.1 Å². The molecule has 3 nitrogen and oxygen atoms in total. The van der Waals surface area contributed by atoms with Crippen LogP contribution in [0.25, 0.3) is 0 Å². The Bertz CT molecular complexity index is 492. The first-order valence-electron chi connectivity index (χ1n) is 5.78. The van der Waals surface area contributed by atoms with Gasteiger partial charge in [-0.1, -0.05) is 39.2 Å². The van der Waals surface area contributed by atoms with Crippen molar-refractivity contribution in [2.45, 2.75) is 6.42 Å². The summed E-state index contributed by atoms with van der Waals surface area (Å²) in [7, 11) is 0. The molecule has 1 heterocycles. The molecule has 1 aromatic rings. The smallest absolute Gasteiger partial charge is 0.253 e. The van der Waals surface area contributed by atoms with Crippen molar-refractivity contribution < 1.29 is 4.79 Å². The summed E-state index contributed by atoms with van der Waals surface area (Å²) in [6.45, 7) is 2.44. The maximum atomic E-state index is 12.0. The summed E-state index contributed by atoms with van der Waals surface area (Å²) in [6.07, 6.45) is 3.10. The number of hydrogen-bond acceptors (Lipinski definition) is 2. The summed E-state index contributed by atoms with van der Waals surface area (Å²) in [5.41, 5.74) is 1.76. The van der Waals surface area contributed by atoms with Crippen molar-refractivity contribution >= 4 is 45.8 Å². The SMILES string of the molecule is Cl.O=C(NCC1=CCNCC1)c1cc(Br)ccc1Cl. The van der Waals surface area contributed by atoms with Gasteiger partial charge in [0.1, 0.15) is 0 Å². The van der Waals surface area contributed by atoms with Crippen molar-refractivity contribution in [2.75, 3.05) is 19.6 Å². The van der Waals surface area contributed by atoms with Crippen LogP contribution < -0.4 is 10.6 Å². The van der Waals surface area contributed by atoms with Crippen LogP contribution in [0.3, 0.4) is 0 Å². The number of amides is 1. The second kappa shape index (κ2) is 7.90. The Kier molecular flexibility index (Phi) is 6.86. The van der Waals surface area contributed by atoms with Gasteiger partial charge in [0, 0.05) is 17.6 Å². The molecule has 19 heavy (non-hydrogen) atoms. The lowest BCUT2D eigenvalue weighted by Crippen LogP contribution is -2.29. The topological polar surface area (TPSA) is 41.1 Å². The molecule has 0 fully saturated rings. The third kappa shape index (κ3) is 4.80. The third-order valence-corrected chi connectivity index (χ3v) is 3.63. The summed E-state index contributed by atoms with van der Waals surface area (Å²) < 4.78 is 0.845. The lowest BCUT2D eigenvalue weighted by molar-refractivity contribution is 0.0956. The van der Waals surface area contributed by atoms with E-state index in [1.165, 1.54) is 5.57 Å². The van der Waals surface area contributed by atoms with Crippen LogP contribution in [0.5, 0.6) is 0 Å². The van der Waals surface area contributed by atoms with Crippen molar-refractivity contribution in [3.8, 4) is 0 Å². The molecule has 6 heteroatoms. The van der Waals surface area contributed by atoms with Crippen LogP contribution >= 0.6 is 39.9 Å². The lowest BCUT2D eigenvalue weighted by atomic mass is 10.1. The molecule has 0 aromatic heterocycles. The fraction of sp³-hybridized carbons (Fsp3) is 0.308. The molecule has 0 bridgehead atoms. The van der Waals surface area contributed by atoms with E-state index in [0.717, 1.165) is 24.0 Å². The van der Waals surface area contributed by atoms with Gasteiger partial charge in [-0.2, -0.15) is 0 Å². The van der Waals surface area contributed by atoms with Gasteiger partial charge in [-0.15, -0.1) is 12.4 Å². The van der Waals surface area contributed by atoms with Crippen molar-refractivity contribution in [2.24, 2.45) is 0 Å². The minimum absolute atomic E-state index is 0. The zero-order valence-electron chi connectivity index (χ0n) is 10.2. The highest BCUT2D eigenvalue weighted by Gasteiger charge is 2.11. The van der Waals surface area contributed by atoms with Gasteiger partial charge in [-0.3, -0.25) is 4.79 Å². The molecule has 0 spiro atoms. The summed E-state index contributed by atoms with van der Waals surface area (Å²) in [5, 5.41) is 6.60. The van der Waals surface area contributed by atoms with E-state index in [1.54, 1.807) is 12.1 Å². The first-order chi connectivity index (χ1) is 8.66. The number of hydrogen-bond donors (Lipinski definition) is 2. The third-order valence-electron chi connectivity index (χ3n) is 2.81. The Labute approximate surface area is 132 Å². The summed E-state index contributed by atoms with van der Waals surface area (Å²) in [6, 6.07) is 5.26. The highest BCUT2D eigenvalue weighted by molar-refractivity contribution is 9.10. The zero-order valence-corrected chi connectivity index (χ0v) is 13.4. The molecule has 0 unspecified atom stereocenters. The largest absolute Gasteiger partial charge is 0.348 e. The molecule has 0 saturated carbocycles.